The number of hydrogen-bond acceptors (Lipinski definition) is 4. The van der Waals surface area contributed by atoms with Crippen molar-refractivity contribution in [2.24, 2.45) is 5.92 Å². The summed E-state index contributed by atoms with van der Waals surface area (Å²) in [5.74, 6) is 2.27. The van der Waals surface area contributed by atoms with Crippen LogP contribution >= 0.6 is 0 Å². The molecule has 0 aromatic carbocycles. The molecule has 1 unspecified atom stereocenters. The van der Waals surface area contributed by atoms with Gasteiger partial charge in [-0.05, 0) is 50.8 Å². The maximum absolute atomic E-state index is 12.6. The second kappa shape index (κ2) is 6.20. The number of aliphatic hydroxyl groups excluding tert-OH is 1. The SMILES string of the molecule is Cc1ccc(CN(C(=O)CN2CCC(CO)C2)C2CC2)o1. The Labute approximate surface area is 125 Å². The normalized spacial score (nSPS) is 22.7. The zero-order chi connectivity index (χ0) is 14.8. The molecule has 1 aromatic heterocycles. The maximum atomic E-state index is 12.6. The zero-order valence-corrected chi connectivity index (χ0v) is 12.6. The van der Waals surface area contributed by atoms with Crippen LogP contribution in [0.1, 0.15) is 30.8 Å². The van der Waals surface area contributed by atoms with Crippen molar-refractivity contribution in [1.82, 2.24) is 9.80 Å². The van der Waals surface area contributed by atoms with Crippen LogP contribution in [0.2, 0.25) is 0 Å². The summed E-state index contributed by atoms with van der Waals surface area (Å²) in [6.45, 7) is 4.94. The molecular weight excluding hydrogens is 268 g/mol. The van der Waals surface area contributed by atoms with Crippen molar-refractivity contribution < 1.29 is 14.3 Å². The predicted octanol–water partition coefficient (Wildman–Crippen LogP) is 1.39. The van der Waals surface area contributed by atoms with Crippen LogP contribution in [0.25, 0.3) is 0 Å². The fraction of sp³-hybridized carbons (Fsp3) is 0.688. The second-order valence-electron chi connectivity index (χ2n) is 6.34. The van der Waals surface area contributed by atoms with Crippen molar-refractivity contribution in [2.75, 3.05) is 26.2 Å². The number of aryl methyl sites for hydroxylation is 1. The summed E-state index contributed by atoms with van der Waals surface area (Å²) < 4.78 is 5.61. The van der Waals surface area contributed by atoms with Crippen LogP contribution in [-0.2, 0) is 11.3 Å². The smallest absolute Gasteiger partial charge is 0.237 e. The summed E-state index contributed by atoms with van der Waals surface area (Å²) >= 11 is 0. The van der Waals surface area contributed by atoms with Gasteiger partial charge in [-0.2, -0.15) is 0 Å². The van der Waals surface area contributed by atoms with Gasteiger partial charge in [-0.15, -0.1) is 0 Å². The van der Waals surface area contributed by atoms with Crippen LogP contribution in [0, 0.1) is 12.8 Å². The summed E-state index contributed by atoms with van der Waals surface area (Å²) in [7, 11) is 0. The van der Waals surface area contributed by atoms with E-state index in [1.807, 2.05) is 24.0 Å². The minimum atomic E-state index is 0.185. The van der Waals surface area contributed by atoms with E-state index < -0.39 is 0 Å². The molecule has 2 aliphatic rings. The Balaban J connectivity index is 1.57. The topological polar surface area (TPSA) is 56.9 Å². The lowest BCUT2D eigenvalue weighted by atomic mass is 10.1. The first-order valence-corrected chi connectivity index (χ1v) is 7.83. The molecule has 1 atom stereocenters. The van der Waals surface area contributed by atoms with Crippen LogP contribution in [0.4, 0.5) is 0 Å². The standard InChI is InChI=1S/C16H24N2O3/c1-12-2-5-15(21-12)9-18(14-3-4-14)16(20)10-17-7-6-13(8-17)11-19/h2,5,13-14,19H,3-4,6-11H2,1H3. The van der Waals surface area contributed by atoms with Crippen LogP contribution in [0.15, 0.2) is 16.5 Å². The van der Waals surface area contributed by atoms with Gasteiger partial charge in [0.15, 0.2) is 0 Å². The Morgan fingerprint density at radius 2 is 2.24 bits per heavy atom. The molecule has 2 fully saturated rings. The third-order valence-corrected chi connectivity index (χ3v) is 4.42. The third kappa shape index (κ3) is 3.66. The molecule has 21 heavy (non-hydrogen) atoms. The molecule has 1 aromatic rings. The van der Waals surface area contributed by atoms with E-state index in [1.165, 1.54) is 0 Å². The number of hydrogen-bond donors (Lipinski definition) is 1. The zero-order valence-electron chi connectivity index (χ0n) is 12.6. The van der Waals surface area contributed by atoms with Crippen molar-refractivity contribution >= 4 is 5.91 Å². The molecule has 2 heterocycles. The second-order valence-corrected chi connectivity index (χ2v) is 6.34. The van der Waals surface area contributed by atoms with E-state index in [0.29, 0.717) is 25.0 Å². The molecule has 1 aliphatic heterocycles. The highest BCUT2D eigenvalue weighted by Crippen LogP contribution is 2.29. The van der Waals surface area contributed by atoms with Gasteiger partial charge in [-0.25, -0.2) is 0 Å². The van der Waals surface area contributed by atoms with Crippen molar-refractivity contribution in [3.05, 3.63) is 23.7 Å². The van der Waals surface area contributed by atoms with Crippen LogP contribution in [0.3, 0.4) is 0 Å². The summed E-state index contributed by atoms with van der Waals surface area (Å²) in [5, 5.41) is 9.19. The number of rotatable bonds is 6. The molecule has 5 heteroatoms. The van der Waals surface area contributed by atoms with Gasteiger partial charge < -0.3 is 14.4 Å². The number of carbonyl (C=O) groups excluding carboxylic acids is 1. The average Bonchev–Trinajstić information content (AvgIpc) is 3.07. The third-order valence-electron chi connectivity index (χ3n) is 4.42. The molecule has 5 nitrogen and oxygen atoms in total. The predicted molar refractivity (Wildman–Crippen MR) is 78.6 cm³/mol. The van der Waals surface area contributed by atoms with Crippen LogP contribution < -0.4 is 0 Å². The van der Waals surface area contributed by atoms with E-state index in [2.05, 4.69) is 4.90 Å². The molecule has 1 aliphatic carbocycles. The van der Waals surface area contributed by atoms with Crippen molar-refractivity contribution in [3.8, 4) is 0 Å². The van der Waals surface area contributed by atoms with Crippen molar-refractivity contribution in [2.45, 2.75) is 38.8 Å². The van der Waals surface area contributed by atoms with E-state index in [4.69, 9.17) is 4.42 Å². The summed E-state index contributed by atoms with van der Waals surface area (Å²) in [4.78, 5) is 16.7. The Bertz CT molecular complexity index is 495. The van der Waals surface area contributed by atoms with Gasteiger partial charge in [-0.3, -0.25) is 9.69 Å². The molecule has 1 amide bonds. The highest BCUT2D eigenvalue weighted by molar-refractivity contribution is 5.79. The Kier molecular flexibility index (Phi) is 4.31. The van der Waals surface area contributed by atoms with E-state index in [1.54, 1.807) is 0 Å². The fourth-order valence-electron chi connectivity index (χ4n) is 3.03. The quantitative estimate of drug-likeness (QED) is 0.861. The monoisotopic (exact) mass is 292 g/mol. The van der Waals surface area contributed by atoms with E-state index in [0.717, 1.165) is 43.9 Å². The molecule has 0 radical (unpaired) electrons. The van der Waals surface area contributed by atoms with Crippen molar-refractivity contribution in [3.63, 3.8) is 0 Å². The number of aliphatic hydroxyl groups is 1. The Morgan fingerprint density at radius 3 is 2.81 bits per heavy atom. The van der Waals surface area contributed by atoms with Gasteiger partial charge in [0.1, 0.15) is 11.5 Å². The first-order valence-electron chi connectivity index (χ1n) is 7.83. The van der Waals surface area contributed by atoms with E-state index in [-0.39, 0.29) is 12.5 Å². The molecule has 0 spiro atoms. The lowest BCUT2D eigenvalue weighted by molar-refractivity contribution is -0.133. The highest BCUT2D eigenvalue weighted by atomic mass is 16.3. The summed E-state index contributed by atoms with van der Waals surface area (Å²) in [6, 6.07) is 4.28. The Morgan fingerprint density at radius 1 is 1.43 bits per heavy atom. The van der Waals surface area contributed by atoms with Gasteiger partial charge in [0, 0.05) is 19.2 Å². The van der Waals surface area contributed by atoms with Gasteiger partial charge in [0.25, 0.3) is 0 Å². The van der Waals surface area contributed by atoms with Crippen molar-refractivity contribution in [1.29, 1.82) is 0 Å². The van der Waals surface area contributed by atoms with Gasteiger partial charge >= 0.3 is 0 Å². The average molecular weight is 292 g/mol. The van der Waals surface area contributed by atoms with Crippen LogP contribution in [0.5, 0.6) is 0 Å². The van der Waals surface area contributed by atoms with Gasteiger partial charge in [0.2, 0.25) is 5.91 Å². The van der Waals surface area contributed by atoms with Gasteiger partial charge in [-0.1, -0.05) is 0 Å². The fourth-order valence-corrected chi connectivity index (χ4v) is 3.03. The number of nitrogens with zero attached hydrogens (tertiary/aromatic N) is 2. The maximum Gasteiger partial charge on any atom is 0.237 e. The first kappa shape index (κ1) is 14.6. The summed E-state index contributed by atoms with van der Waals surface area (Å²) in [5.41, 5.74) is 0. The largest absolute Gasteiger partial charge is 0.464 e. The lowest BCUT2D eigenvalue weighted by Crippen LogP contribution is -2.40. The van der Waals surface area contributed by atoms with E-state index in [9.17, 15) is 9.90 Å². The van der Waals surface area contributed by atoms with Gasteiger partial charge in [0.05, 0.1) is 13.1 Å². The first-order chi connectivity index (χ1) is 10.2. The number of carbonyl (C=O) groups is 1. The minimum Gasteiger partial charge on any atom is -0.464 e. The molecule has 3 rings (SSSR count). The molecular formula is C16H24N2O3. The lowest BCUT2D eigenvalue weighted by Gasteiger charge is -2.24. The number of likely N-dealkylation sites (tertiary alicyclic amines) is 1. The molecule has 0 bridgehead atoms. The molecule has 1 saturated carbocycles. The number of furan rings is 1. The number of amides is 1. The van der Waals surface area contributed by atoms with E-state index >= 15 is 0 Å². The van der Waals surface area contributed by atoms with Crippen LogP contribution in [-0.4, -0.2) is 53.1 Å². The summed E-state index contributed by atoms with van der Waals surface area (Å²) in [6.07, 6.45) is 3.19. The Hall–Kier alpha value is -1.33. The molecule has 1 N–H and O–H groups in total. The molecule has 1 saturated heterocycles. The highest BCUT2D eigenvalue weighted by Gasteiger charge is 2.34. The molecule has 116 valence electrons. The minimum absolute atomic E-state index is 0.185.